The molecule has 0 unspecified atom stereocenters. The molecule has 0 aliphatic carbocycles. The molecule has 1 aliphatic heterocycles. The molecule has 0 fully saturated rings. The van der Waals surface area contributed by atoms with Crippen LogP contribution in [0.25, 0.3) is 22.2 Å². The number of benzene rings is 2. The lowest BCUT2D eigenvalue weighted by Gasteiger charge is -2.11. The Hall–Kier alpha value is -2.49. The SMILES string of the molecule is CN1CCc2cc(-c3n[nH]c4ccc(N)cc34)ccc21. The van der Waals surface area contributed by atoms with Crippen LogP contribution in [0.3, 0.4) is 0 Å². The van der Waals surface area contributed by atoms with Gasteiger partial charge in [0.05, 0.1) is 11.2 Å². The summed E-state index contributed by atoms with van der Waals surface area (Å²) < 4.78 is 0. The molecule has 1 aromatic heterocycles. The fourth-order valence-corrected chi connectivity index (χ4v) is 2.97. The first kappa shape index (κ1) is 11.3. The van der Waals surface area contributed by atoms with Gasteiger partial charge in [-0.3, -0.25) is 5.10 Å². The third-order valence-corrected chi connectivity index (χ3v) is 4.07. The molecule has 0 amide bonds. The van der Waals surface area contributed by atoms with Crippen LogP contribution in [0.5, 0.6) is 0 Å². The largest absolute Gasteiger partial charge is 0.399 e. The van der Waals surface area contributed by atoms with E-state index in [9.17, 15) is 0 Å². The van der Waals surface area contributed by atoms with Crippen LogP contribution >= 0.6 is 0 Å². The molecule has 4 heteroatoms. The van der Waals surface area contributed by atoms with E-state index in [1.165, 1.54) is 11.3 Å². The number of aromatic nitrogens is 2. The van der Waals surface area contributed by atoms with Crippen LogP contribution in [0.15, 0.2) is 36.4 Å². The molecule has 1 aliphatic rings. The lowest BCUT2D eigenvalue weighted by molar-refractivity contribution is 0.956. The number of aromatic amines is 1. The topological polar surface area (TPSA) is 57.9 Å². The van der Waals surface area contributed by atoms with Crippen molar-refractivity contribution in [2.75, 3.05) is 24.2 Å². The number of H-pyrrole nitrogens is 1. The molecular weight excluding hydrogens is 248 g/mol. The van der Waals surface area contributed by atoms with Gasteiger partial charge >= 0.3 is 0 Å². The van der Waals surface area contributed by atoms with E-state index in [4.69, 9.17) is 5.73 Å². The zero-order chi connectivity index (χ0) is 13.7. The van der Waals surface area contributed by atoms with Gasteiger partial charge < -0.3 is 10.6 Å². The summed E-state index contributed by atoms with van der Waals surface area (Å²) in [4.78, 5) is 2.29. The molecule has 20 heavy (non-hydrogen) atoms. The maximum Gasteiger partial charge on any atom is 0.1000 e. The van der Waals surface area contributed by atoms with Crippen LogP contribution in [-0.4, -0.2) is 23.8 Å². The number of nitrogens with two attached hydrogens (primary N) is 1. The van der Waals surface area contributed by atoms with Crippen LogP contribution in [0, 0.1) is 0 Å². The third-order valence-electron chi connectivity index (χ3n) is 4.07. The molecule has 0 saturated carbocycles. The molecule has 4 rings (SSSR count). The van der Waals surface area contributed by atoms with Crippen LogP contribution < -0.4 is 10.6 Å². The quantitative estimate of drug-likeness (QED) is 0.664. The van der Waals surface area contributed by atoms with Gasteiger partial charge in [0.1, 0.15) is 0 Å². The second kappa shape index (κ2) is 4.00. The second-order valence-corrected chi connectivity index (χ2v) is 5.39. The molecule has 2 heterocycles. The highest BCUT2D eigenvalue weighted by Crippen LogP contribution is 2.33. The van der Waals surface area contributed by atoms with Crippen LogP contribution in [0.2, 0.25) is 0 Å². The molecule has 0 bridgehead atoms. The molecule has 0 atom stereocenters. The van der Waals surface area contributed by atoms with Crippen molar-refractivity contribution < 1.29 is 0 Å². The molecule has 2 aromatic carbocycles. The van der Waals surface area contributed by atoms with Gasteiger partial charge in [0, 0.05) is 35.9 Å². The predicted octanol–water partition coefficient (Wildman–Crippen LogP) is 2.80. The lowest BCUT2D eigenvalue weighted by atomic mass is 10.0. The molecular formula is C16H16N4. The number of nitrogen functional groups attached to an aromatic ring is 1. The number of nitrogens with one attached hydrogen (secondary N) is 1. The summed E-state index contributed by atoms with van der Waals surface area (Å²) in [5.41, 5.74) is 12.5. The summed E-state index contributed by atoms with van der Waals surface area (Å²) >= 11 is 0. The van der Waals surface area contributed by atoms with Gasteiger partial charge in [0.25, 0.3) is 0 Å². The minimum Gasteiger partial charge on any atom is -0.399 e. The van der Waals surface area contributed by atoms with E-state index < -0.39 is 0 Å². The summed E-state index contributed by atoms with van der Waals surface area (Å²) in [6.07, 6.45) is 1.10. The second-order valence-electron chi connectivity index (χ2n) is 5.39. The molecule has 0 radical (unpaired) electrons. The molecule has 0 saturated heterocycles. The number of fused-ring (bicyclic) bond motifs is 2. The van der Waals surface area contributed by atoms with E-state index in [2.05, 4.69) is 40.3 Å². The number of nitrogens with zero attached hydrogens (tertiary/aromatic N) is 2. The number of likely N-dealkylation sites (N-methyl/N-ethyl adjacent to an activating group) is 1. The summed E-state index contributed by atoms with van der Waals surface area (Å²) in [7, 11) is 2.14. The summed E-state index contributed by atoms with van der Waals surface area (Å²) in [5, 5.41) is 8.61. The smallest absolute Gasteiger partial charge is 0.1000 e. The molecule has 100 valence electrons. The average molecular weight is 264 g/mol. The minimum atomic E-state index is 0.765. The van der Waals surface area contributed by atoms with E-state index in [-0.39, 0.29) is 0 Å². The first-order chi connectivity index (χ1) is 9.72. The first-order valence-electron chi connectivity index (χ1n) is 6.80. The maximum absolute atomic E-state index is 5.89. The summed E-state index contributed by atoms with van der Waals surface area (Å²) in [6, 6.07) is 12.4. The summed E-state index contributed by atoms with van der Waals surface area (Å²) in [5.74, 6) is 0. The normalized spacial score (nSPS) is 13.9. The van der Waals surface area contributed by atoms with Gasteiger partial charge in [-0.15, -0.1) is 0 Å². The number of anilines is 2. The van der Waals surface area contributed by atoms with Crippen molar-refractivity contribution in [3.63, 3.8) is 0 Å². The highest BCUT2D eigenvalue weighted by molar-refractivity contribution is 5.95. The molecule has 4 nitrogen and oxygen atoms in total. The standard InChI is InChI=1S/C16H16N4/c1-20-7-6-10-8-11(2-5-15(10)20)16-13-9-12(17)3-4-14(13)18-19-16/h2-5,8-9H,6-7,17H2,1H3,(H,18,19). The van der Waals surface area contributed by atoms with Crippen molar-refractivity contribution in [2.24, 2.45) is 0 Å². The van der Waals surface area contributed by atoms with Gasteiger partial charge in [0.15, 0.2) is 0 Å². The minimum absolute atomic E-state index is 0.765. The Morgan fingerprint density at radius 1 is 1.20 bits per heavy atom. The average Bonchev–Trinajstić information content (AvgIpc) is 3.02. The van der Waals surface area contributed by atoms with Crippen LogP contribution in [0.1, 0.15) is 5.56 Å². The summed E-state index contributed by atoms with van der Waals surface area (Å²) in [6.45, 7) is 1.09. The van der Waals surface area contributed by atoms with Crippen molar-refractivity contribution in [3.05, 3.63) is 42.0 Å². The Morgan fingerprint density at radius 2 is 2.10 bits per heavy atom. The number of hydrogen-bond donors (Lipinski definition) is 2. The highest BCUT2D eigenvalue weighted by atomic mass is 15.1. The third kappa shape index (κ3) is 1.58. The van der Waals surface area contributed by atoms with Crippen molar-refractivity contribution in [2.45, 2.75) is 6.42 Å². The van der Waals surface area contributed by atoms with E-state index in [0.717, 1.165) is 40.8 Å². The van der Waals surface area contributed by atoms with E-state index >= 15 is 0 Å². The fraction of sp³-hybridized carbons (Fsp3) is 0.188. The molecule has 3 N–H and O–H groups in total. The predicted molar refractivity (Wildman–Crippen MR) is 82.9 cm³/mol. The lowest BCUT2D eigenvalue weighted by Crippen LogP contribution is -2.12. The Morgan fingerprint density at radius 3 is 3.00 bits per heavy atom. The fourth-order valence-electron chi connectivity index (χ4n) is 2.97. The van der Waals surface area contributed by atoms with Crippen LogP contribution in [-0.2, 0) is 6.42 Å². The van der Waals surface area contributed by atoms with Crippen LogP contribution in [0.4, 0.5) is 11.4 Å². The Balaban J connectivity index is 1.89. The number of hydrogen-bond acceptors (Lipinski definition) is 3. The van der Waals surface area contributed by atoms with Gasteiger partial charge in [-0.25, -0.2) is 0 Å². The van der Waals surface area contributed by atoms with E-state index in [1.807, 2.05) is 18.2 Å². The zero-order valence-corrected chi connectivity index (χ0v) is 11.4. The van der Waals surface area contributed by atoms with Crippen molar-refractivity contribution in [1.29, 1.82) is 0 Å². The number of rotatable bonds is 1. The van der Waals surface area contributed by atoms with Gasteiger partial charge in [-0.2, -0.15) is 5.10 Å². The molecule has 0 spiro atoms. The first-order valence-corrected chi connectivity index (χ1v) is 6.80. The van der Waals surface area contributed by atoms with E-state index in [0.29, 0.717) is 0 Å². The maximum atomic E-state index is 5.89. The van der Waals surface area contributed by atoms with Gasteiger partial charge in [-0.05, 0) is 42.3 Å². The molecule has 3 aromatic rings. The Labute approximate surface area is 117 Å². The zero-order valence-electron chi connectivity index (χ0n) is 11.4. The van der Waals surface area contributed by atoms with Crippen molar-refractivity contribution >= 4 is 22.3 Å². The van der Waals surface area contributed by atoms with E-state index in [1.54, 1.807) is 0 Å². The highest BCUT2D eigenvalue weighted by Gasteiger charge is 2.17. The van der Waals surface area contributed by atoms with Gasteiger partial charge in [0.2, 0.25) is 0 Å². The van der Waals surface area contributed by atoms with Gasteiger partial charge in [-0.1, -0.05) is 6.07 Å². The Bertz CT molecular complexity index is 803. The van der Waals surface area contributed by atoms with Crippen molar-refractivity contribution in [3.8, 4) is 11.3 Å². The van der Waals surface area contributed by atoms with Crippen molar-refractivity contribution in [1.82, 2.24) is 10.2 Å². The Kier molecular flexibility index (Phi) is 2.27. The monoisotopic (exact) mass is 264 g/mol.